The van der Waals surface area contributed by atoms with Gasteiger partial charge in [-0.05, 0) is 62.1 Å². The van der Waals surface area contributed by atoms with E-state index in [-0.39, 0.29) is 12.0 Å². The molecule has 34 heavy (non-hydrogen) atoms. The van der Waals surface area contributed by atoms with Gasteiger partial charge in [-0.3, -0.25) is 14.8 Å². The summed E-state index contributed by atoms with van der Waals surface area (Å²) in [7, 11) is 2.12. The first-order valence-electron chi connectivity index (χ1n) is 11.9. The van der Waals surface area contributed by atoms with Crippen molar-refractivity contribution >= 4 is 17.3 Å². The molecule has 4 heterocycles. The molecule has 1 aromatic carbocycles. The molecule has 5 rings (SSSR count). The molecule has 0 aliphatic carbocycles. The molecule has 2 aliphatic rings. The summed E-state index contributed by atoms with van der Waals surface area (Å²) in [5.41, 5.74) is 5.17. The van der Waals surface area contributed by atoms with Crippen molar-refractivity contribution in [1.29, 1.82) is 0 Å². The Morgan fingerprint density at radius 3 is 2.79 bits per heavy atom. The quantitative estimate of drug-likeness (QED) is 0.629. The van der Waals surface area contributed by atoms with Gasteiger partial charge in [0, 0.05) is 61.1 Å². The van der Waals surface area contributed by atoms with Crippen LogP contribution in [0.5, 0.6) is 5.88 Å². The second kappa shape index (κ2) is 10.1. The molecule has 1 N–H and O–H groups in total. The number of likely N-dealkylation sites (tertiary alicyclic amines) is 1. The summed E-state index contributed by atoms with van der Waals surface area (Å²) in [6.45, 7) is 2.66. The SMILES string of the molecule is CN1CCC(Oc2cc(NC(=O)C3=NCCCc4ccc(-c5cccnc5)cc43)ccn2)CC1. The van der Waals surface area contributed by atoms with Gasteiger partial charge in [-0.2, -0.15) is 0 Å². The zero-order valence-electron chi connectivity index (χ0n) is 19.4. The second-order valence-electron chi connectivity index (χ2n) is 8.90. The Bertz CT molecular complexity index is 1190. The largest absolute Gasteiger partial charge is 0.474 e. The van der Waals surface area contributed by atoms with E-state index in [1.165, 1.54) is 0 Å². The average molecular weight is 456 g/mol. The Labute approximate surface area is 199 Å². The van der Waals surface area contributed by atoms with Crippen LogP contribution in [0, 0.1) is 0 Å². The van der Waals surface area contributed by atoms with Crippen molar-refractivity contribution in [3.8, 4) is 17.0 Å². The van der Waals surface area contributed by atoms with Crippen LogP contribution in [0.25, 0.3) is 11.1 Å². The Morgan fingerprint density at radius 2 is 1.97 bits per heavy atom. The minimum atomic E-state index is -0.220. The van der Waals surface area contributed by atoms with Gasteiger partial charge < -0.3 is 15.0 Å². The van der Waals surface area contributed by atoms with Gasteiger partial charge in [0.2, 0.25) is 5.88 Å². The molecule has 1 saturated heterocycles. The molecule has 0 bridgehead atoms. The van der Waals surface area contributed by atoms with E-state index in [2.05, 4.69) is 50.4 Å². The third kappa shape index (κ3) is 5.15. The van der Waals surface area contributed by atoms with E-state index in [9.17, 15) is 4.79 Å². The Kier molecular flexibility index (Phi) is 6.62. The first-order valence-corrected chi connectivity index (χ1v) is 11.9. The van der Waals surface area contributed by atoms with E-state index in [1.54, 1.807) is 24.5 Å². The standard InChI is InChI=1S/C27H29N5O2/c1-32-14-9-23(10-15-32)34-25-17-22(8-13-29-25)31-27(33)26-24-16-20(21-5-2-11-28-18-21)7-6-19(24)4-3-12-30-26/h2,5-8,11,13,16-18,23H,3-4,9-10,12,14-15H2,1H3,(H,29,31,33). The summed E-state index contributed by atoms with van der Waals surface area (Å²) >= 11 is 0. The lowest BCUT2D eigenvalue weighted by Gasteiger charge is -2.28. The van der Waals surface area contributed by atoms with Gasteiger partial charge in [-0.15, -0.1) is 0 Å². The molecule has 3 aromatic rings. The Balaban J connectivity index is 1.35. The number of amides is 1. The van der Waals surface area contributed by atoms with Crippen molar-refractivity contribution < 1.29 is 9.53 Å². The summed E-state index contributed by atoms with van der Waals surface area (Å²) in [5, 5.41) is 3.01. The van der Waals surface area contributed by atoms with Crippen LogP contribution in [-0.4, -0.2) is 59.3 Å². The zero-order chi connectivity index (χ0) is 23.3. The number of aromatic nitrogens is 2. The van der Waals surface area contributed by atoms with Crippen LogP contribution >= 0.6 is 0 Å². The zero-order valence-corrected chi connectivity index (χ0v) is 19.4. The molecular weight excluding hydrogens is 426 g/mol. The fraction of sp³-hybridized carbons (Fsp3) is 0.333. The number of pyridine rings is 2. The van der Waals surface area contributed by atoms with Crippen LogP contribution in [0.15, 0.2) is 66.0 Å². The van der Waals surface area contributed by atoms with Crippen LogP contribution in [0.1, 0.15) is 30.4 Å². The van der Waals surface area contributed by atoms with Crippen molar-refractivity contribution in [2.24, 2.45) is 4.99 Å². The average Bonchev–Trinajstić information content (AvgIpc) is 3.08. The maximum Gasteiger partial charge on any atom is 0.274 e. The first-order chi connectivity index (χ1) is 16.7. The number of carbonyl (C=O) groups excluding carboxylic acids is 1. The second-order valence-corrected chi connectivity index (χ2v) is 8.90. The van der Waals surface area contributed by atoms with Gasteiger partial charge >= 0.3 is 0 Å². The molecule has 0 spiro atoms. The van der Waals surface area contributed by atoms with E-state index in [0.29, 0.717) is 23.8 Å². The number of rotatable bonds is 5. The molecule has 7 heteroatoms. The fourth-order valence-electron chi connectivity index (χ4n) is 4.48. The number of aliphatic imine (C=N–C) groups is 1. The van der Waals surface area contributed by atoms with E-state index in [4.69, 9.17) is 4.74 Å². The van der Waals surface area contributed by atoms with Crippen LogP contribution < -0.4 is 10.1 Å². The van der Waals surface area contributed by atoms with Crippen LogP contribution in [0.4, 0.5) is 5.69 Å². The third-order valence-corrected chi connectivity index (χ3v) is 6.39. The number of aryl methyl sites for hydroxylation is 1. The molecule has 2 aliphatic heterocycles. The summed E-state index contributed by atoms with van der Waals surface area (Å²) in [6.07, 6.45) is 9.17. The van der Waals surface area contributed by atoms with Crippen molar-refractivity contribution in [3.63, 3.8) is 0 Å². The molecule has 0 atom stereocenters. The molecule has 0 radical (unpaired) electrons. The normalized spacial score (nSPS) is 16.8. The highest BCUT2D eigenvalue weighted by molar-refractivity contribution is 6.49. The van der Waals surface area contributed by atoms with Gasteiger partial charge in [0.05, 0.1) is 0 Å². The lowest BCUT2D eigenvalue weighted by Crippen LogP contribution is -2.35. The summed E-state index contributed by atoms with van der Waals surface area (Å²) < 4.78 is 6.09. The number of fused-ring (bicyclic) bond motifs is 1. The number of carbonyl (C=O) groups is 1. The van der Waals surface area contributed by atoms with Crippen LogP contribution in [0.3, 0.4) is 0 Å². The number of nitrogens with one attached hydrogen (secondary N) is 1. The van der Waals surface area contributed by atoms with Gasteiger partial charge in [0.25, 0.3) is 5.91 Å². The highest BCUT2D eigenvalue weighted by atomic mass is 16.5. The van der Waals surface area contributed by atoms with Gasteiger partial charge in [-0.25, -0.2) is 4.98 Å². The van der Waals surface area contributed by atoms with E-state index < -0.39 is 0 Å². The fourth-order valence-corrected chi connectivity index (χ4v) is 4.48. The molecule has 0 unspecified atom stereocenters. The Morgan fingerprint density at radius 1 is 1.09 bits per heavy atom. The van der Waals surface area contributed by atoms with Crippen LogP contribution in [0.2, 0.25) is 0 Å². The molecule has 1 fully saturated rings. The monoisotopic (exact) mass is 455 g/mol. The third-order valence-electron chi connectivity index (χ3n) is 6.39. The summed E-state index contributed by atoms with van der Waals surface area (Å²) in [5.74, 6) is 0.317. The predicted octanol–water partition coefficient (Wildman–Crippen LogP) is 3.99. The molecule has 2 aromatic heterocycles. The van der Waals surface area contributed by atoms with Crippen molar-refractivity contribution in [2.45, 2.75) is 31.8 Å². The minimum Gasteiger partial charge on any atom is -0.474 e. The molecule has 0 saturated carbocycles. The van der Waals surface area contributed by atoms with E-state index >= 15 is 0 Å². The first kappa shape index (κ1) is 22.2. The number of anilines is 1. The summed E-state index contributed by atoms with van der Waals surface area (Å²) in [4.78, 5) is 28.9. The van der Waals surface area contributed by atoms with E-state index in [0.717, 1.165) is 61.0 Å². The predicted molar refractivity (Wildman–Crippen MR) is 133 cm³/mol. The molecule has 1 amide bonds. The number of hydrogen-bond acceptors (Lipinski definition) is 6. The minimum absolute atomic E-state index is 0.152. The number of benzene rings is 1. The highest BCUT2D eigenvalue weighted by Crippen LogP contribution is 2.26. The van der Waals surface area contributed by atoms with Gasteiger partial charge in [-0.1, -0.05) is 18.2 Å². The summed E-state index contributed by atoms with van der Waals surface area (Å²) in [6, 6.07) is 13.8. The molecule has 7 nitrogen and oxygen atoms in total. The van der Waals surface area contributed by atoms with Crippen LogP contribution in [-0.2, 0) is 11.2 Å². The lowest BCUT2D eigenvalue weighted by atomic mass is 9.95. The number of hydrogen-bond donors (Lipinski definition) is 1. The number of piperidine rings is 1. The number of nitrogens with zero attached hydrogens (tertiary/aromatic N) is 4. The maximum absolute atomic E-state index is 13.3. The highest BCUT2D eigenvalue weighted by Gasteiger charge is 2.22. The van der Waals surface area contributed by atoms with Crippen molar-refractivity contribution in [2.75, 3.05) is 32.0 Å². The lowest BCUT2D eigenvalue weighted by molar-refractivity contribution is -0.110. The van der Waals surface area contributed by atoms with E-state index in [1.807, 2.05) is 18.3 Å². The van der Waals surface area contributed by atoms with Crippen molar-refractivity contribution in [1.82, 2.24) is 14.9 Å². The molecular formula is C27H29N5O2. The number of ether oxygens (including phenoxy) is 1. The molecule has 174 valence electrons. The van der Waals surface area contributed by atoms with Gasteiger partial charge in [0.1, 0.15) is 11.8 Å². The van der Waals surface area contributed by atoms with Crippen molar-refractivity contribution in [3.05, 3.63) is 72.2 Å². The topological polar surface area (TPSA) is 79.7 Å². The Hall–Kier alpha value is -3.58. The van der Waals surface area contributed by atoms with Gasteiger partial charge in [0.15, 0.2) is 0 Å². The maximum atomic E-state index is 13.3. The smallest absolute Gasteiger partial charge is 0.274 e.